The van der Waals surface area contributed by atoms with Gasteiger partial charge in [0.25, 0.3) is 0 Å². The summed E-state index contributed by atoms with van der Waals surface area (Å²) < 4.78 is 0. The van der Waals surface area contributed by atoms with Gasteiger partial charge in [0.05, 0.1) is 5.92 Å². The molecule has 0 amide bonds. The minimum absolute atomic E-state index is 0.329. The molecule has 1 N–H and O–H groups in total. The Morgan fingerprint density at radius 3 is 2.54 bits per heavy atom. The van der Waals surface area contributed by atoms with E-state index < -0.39 is 5.97 Å². The zero-order valence-corrected chi connectivity index (χ0v) is 8.94. The second kappa shape index (κ2) is 3.92. The van der Waals surface area contributed by atoms with E-state index in [-0.39, 0.29) is 5.92 Å². The van der Waals surface area contributed by atoms with Crippen molar-refractivity contribution in [2.45, 2.75) is 33.1 Å². The fourth-order valence-electron chi connectivity index (χ4n) is 1.52. The molecule has 1 rings (SSSR count). The summed E-state index contributed by atoms with van der Waals surface area (Å²) in [5, 5.41) is 8.97. The molecule has 0 aromatic carbocycles. The average Bonchev–Trinajstić information content (AvgIpc) is 2.31. The normalized spacial score (nSPS) is 12.8. The molecule has 0 bridgehead atoms. The van der Waals surface area contributed by atoms with Crippen molar-refractivity contribution in [3.63, 3.8) is 0 Å². The highest BCUT2D eigenvalue weighted by atomic mass is 32.1. The molecule has 1 aromatic rings. The fourth-order valence-corrected chi connectivity index (χ4v) is 2.51. The third-order valence-electron chi connectivity index (χ3n) is 2.16. The summed E-state index contributed by atoms with van der Waals surface area (Å²) in [4.78, 5) is 13.2. The van der Waals surface area contributed by atoms with Crippen molar-refractivity contribution in [3.8, 4) is 0 Å². The number of rotatable bonds is 3. The van der Waals surface area contributed by atoms with Crippen LogP contribution in [-0.4, -0.2) is 11.1 Å². The summed E-state index contributed by atoms with van der Waals surface area (Å²) in [5.74, 6) is -1.05. The maximum Gasteiger partial charge on any atom is 0.311 e. The number of aryl methyl sites for hydroxylation is 2. The number of carboxylic acids is 1. The average molecular weight is 198 g/mol. The largest absolute Gasteiger partial charge is 0.481 e. The molecular formula is C10H14O2S. The van der Waals surface area contributed by atoms with E-state index in [1.807, 2.05) is 26.8 Å². The summed E-state index contributed by atoms with van der Waals surface area (Å²) in [6.45, 7) is 5.90. The van der Waals surface area contributed by atoms with E-state index in [4.69, 9.17) is 5.11 Å². The molecular weight excluding hydrogens is 184 g/mol. The van der Waals surface area contributed by atoms with Crippen LogP contribution in [0.4, 0.5) is 0 Å². The van der Waals surface area contributed by atoms with Crippen molar-refractivity contribution in [3.05, 3.63) is 21.4 Å². The molecule has 0 aliphatic carbocycles. The van der Waals surface area contributed by atoms with Crippen molar-refractivity contribution in [1.82, 2.24) is 0 Å². The van der Waals surface area contributed by atoms with E-state index in [9.17, 15) is 4.79 Å². The zero-order chi connectivity index (χ0) is 10.0. The third-order valence-corrected chi connectivity index (χ3v) is 3.14. The molecule has 0 spiro atoms. The Balaban J connectivity index is 3.04. The Morgan fingerprint density at radius 2 is 2.23 bits per heavy atom. The van der Waals surface area contributed by atoms with E-state index in [0.29, 0.717) is 6.42 Å². The van der Waals surface area contributed by atoms with Crippen LogP contribution in [0.3, 0.4) is 0 Å². The number of thiophene rings is 1. The summed E-state index contributed by atoms with van der Waals surface area (Å²) >= 11 is 1.67. The Morgan fingerprint density at radius 1 is 1.62 bits per heavy atom. The number of carboxylic acid groups (broad SMARTS) is 1. The molecule has 0 aliphatic rings. The Bertz CT molecular complexity index is 315. The highest BCUT2D eigenvalue weighted by Crippen LogP contribution is 2.29. The lowest BCUT2D eigenvalue weighted by Gasteiger charge is -2.08. The first-order valence-electron chi connectivity index (χ1n) is 4.36. The molecule has 0 radical (unpaired) electrons. The van der Waals surface area contributed by atoms with Gasteiger partial charge in [0.15, 0.2) is 0 Å². The van der Waals surface area contributed by atoms with Crippen LogP contribution in [-0.2, 0) is 4.79 Å². The van der Waals surface area contributed by atoms with Crippen molar-refractivity contribution in [1.29, 1.82) is 0 Å². The summed E-state index contributed by atoms with van der Waals surface area (Å²) in [7, 11) is 0. The van der Waals surface area contributed by atoms with E-state index >= 15 is 0 Å². The minimum Gasteiger partial charge on any atom is -0.481 e. The van der Waals surface area contributed by atoms with Crippen molar-refractivity contribution in [2.75, 3.05) is 0 Å². The van der Waals surface area contributed by atoms with E-state index in [2.05, 4.69) is 0 Å². The number of carbonyl (C=O) groups is 1. The molecule has 13 heavy (non-hydrogen) atoms. The summed E-state index contributed by atoms with van der Waals surface area (Å²) in [6, 6.07) is 1.99. The van der Waals surface area contributed by atoms with Crippen LogP contribution in [0, 0.1) is 13.8 Å². The molecule has 72 valence electrons. The number of hydrogen-bond donors (Lipinski definition) is 1. The van der Waals surface area contributed by atoms with Gasteiger partial charge in [-0.2, -0.15) is 0 Å². The number of hydrogen-bond acceptors (Lipinski definition) is 2. The third kappa shape index (κ3) is 2.10. The highest BCUT2D eigenvalue weighted by Gasteiger charge is 2.20. The Labute approximate surface area is 82.2 Å². The minimum atomic E-state index is -0.719. The molecule has 1 atom stereocenters. The van der Waals surface area contributed by atoms with Gasteiger partial charge in [-0.05, 0) is 31.9 Å². The molecule has 1 heterocycles. The lowest BCUT2D eigenvalue weighted by atomic mass is 9.97. The molecule has 1 unspecified atom stereocenters. The molecule has 0 fully saturated rings. The SMILES string of the molecule is CCC(C(=O)O)c1cc(C)sc1C. The standard InChI is InChI=1S/C10H14O2S/c1-4-8(10(11)12)9-5-6(2)13-7(9)3/h5,8H,4H2,1-3H3,(H,11,12). The fraction of sp³-hybridized carbons (Fsp3) is 0.500. The first kappa shape index (κ1) is 10.3. The maximum absolute atomic E-state index is 10.9. The molecule has 0 saturated heterocycles. The predicted octanol–water partition coefficient (Wildman–Crippen LogP) is 2.94. The van der Waals surface area contributed by atoms with Gasteiger partial charge in [-0.25, -0.2) is 0 Å². The van der Waals surface area contributed by atoms with E-state index in [1.54, 1.807) is 11.3 Å². The molecule has 0 saturated carbocycles. The van der Waals surface area contributed by atoms with Crippen LogP contribution in [0.2, 0.25) is 0 Å². The van der Waals surface area contributed by atoms with Crippen LogP contribution in [0.15, 0.2) is 6.07 Å². The van der Waals surface area contributed by atoms with Gasteiger partial charge in [-0.15, -0.1) is 11.3 Å². The van der Waals surface area contributed by atoms with Crippen molar-refractivity contribution in [2.24, 2.45) is 0 Å². The van der Waals surface area contributed by atoms with Gasteiger partial charge in [-0.1, -0.05) is 6.92 Å². The van der Waals surface area contributed by atoms with E-state index in [0.717, 1.165) is 10.4 Å². The van der Waals surface area contributed by atoms with Gasteiger partial charge in [0.2, 0.25) is 0 Å². The predicted molar refractivity (Wildman–Crippen MR) is 54.5 cm³/mol. The number of aliphatic carboxylic acids is 1. The van der Waals surface area contributed by atoms with Crippen LogP contribution >= 0.6 is 11.3 Å². The van der Waals surface area contributed by atoms with Crippen LogP contribution < -0.4 is 0 Å². The van der Waals surface area contributed by atoms with Gasteiger partial charge in [-0.3, -0.25) is 4.79 Å². The highest BCUT2D eigenvalue weighted by molar-refractivity contribution is 7.12. The van der Waals surface area contributed by atoms with Gasteiger partial charge in [0.1, 0.15) is 0 Å². The smallest absolute Gasteiger partial charge is 0.311 e. The zero-order valence-electron chi connectivity index (χ0n) is 8.13. The van der Waals surface area contributed by atoms with Crippen LogP contribution in [0.5, 0.6) is 0 Å². The van der Waals surface area contributed by atoms with Crippen molar-refractivity contribution < 1.29 is 9.90 Å². The second-order valence-corrected chi connectivity index (χ2v) is 4.63. The van der Waals surface area contributed by atoms with Gasteiger partial charge >= 0.3 is 5.97 Å². The van der Waals surface area contributed by atoms with Crippen LogP contribution in [0.1, 0.15) is 34.6 Å². The molecule has 1 aromatic heterocycles. The molecule has 3 heteroatoms. The lowest BCUT2D eigenvalue weighted by Crippen LogP contribution is -2.10. The van der Waals surface area contributed by atoms with Gasteiger partial charge < -0.3 is 5.11 Å². The summed E-state index contributed by atoms with van der Waals surface area (Å²) in [5.41, 5.74) is 0.984. The molecule has 2 nitrogen and oxygen atoms in total. The summed E-state index contributed by atoms with van der Waals surface area (Å²) in [6.07, 6.45) is 0.659. The van der Waals surface area contributed by atoms with Crippen LogP contribution in [0.25, 0.3) is 0 Å². The topological polar surface area (TPSA) is 37.3 Å². The monoisotopic (exact) mass is 198 g/mol. The lowest BCUT2D eigenvalue weighted by molar-refractivity contribution is -0.138. The quantitative estimate of drug-likeness (QED) is 0.810. The second-order valence-electron chi connectivity index (χ2n) is 3.17. The van der Waals surface area contributed by atoms with Gasteiger partial charge in [0, 0.05) is 9.75 Å². The Hall–Kier alpha value is -0.830. The maximum atomic E-state index is 10.9. The first-order chi connectivity index (χ1) is 6.06. The van der Waals surface area contributed by atoms with Crippen molar-refractivity contribution >= 4 is 17.3 Å². The molecule has 0 aliphatic heterocycles. The Kier molecular flexibility index (Phi) is 3.09. The van der Waals surface area contributed by atoms with E-state index in [1.165, 1.54) is 4.88 Å². The first-order valence-corrected chi connectivity index (χ1v) is 5.17.